The van der Waals surface area contributed by atoms with Crippen molar-refractivity contribution in [3.8, 4) is 11.1 Å². The number of likely N-dealkylation sites (N-methyl/N-ethyl adjacent to an activating group) is 1. The molecule has 9 heteroatoms. The highest BCUT2D eigenvalue weighted by Gasteiger charge is 2.38. The van der Waals surface area contributed by atoms with Crippen LogP contribution in [0.4, 0.5) is 13.2 Å². The maximum atomic E-state index is 13.3. The van der Waals surface area contributed by atoms with Gasteiger partial charge in [-0.2, -0.15) is 13.2 Å². The molecule has 1 N–H and O–H groups in total. The molecule has 1 amide bonds. The zero-order valence-corrected chi connectivity index (χ0v) is 19.4. The molecule has 1 aliphatic carbocycles. The van der Waals surface area contributed by atoms with Crippen LogP contribution >= 0.6 is 24.8 Å². The van der Waals surface area contributed by atoms with Crippen LogP contribution in [0.2, 0.25) is 0 Å². The first kappa shape index (κ1) is 26.5. The molecule has 2 aromatic rings. The first-order chi connectivity index (χ1) is 14.3. The van der Waals surface area contributed by atoms with E-state index in [1.54, 1.807) is 18.2 Å². The fourth-order valence-corrected chi connectivity index (χ4v) is 4.07. The van der Waals surface area contributed by atoms with Crippen LogP contribution in [-0.4, -0.2) is 61.5 Å². The van der Waals surface area contributed by atoms with E-state index in [9.17, 15) is 18.0 Å². The van der Waals surface area contributed by atoms with Crippen molar-refractivity contribution in [1.29, 1.82) is 0 Å². The van der Waals surface area contributed by atoms with Gasteiger partial charge in [-0.05, 0) is 36.2 Å². The lowest BCUT2D eigenvalue weighted by Gasteiger charge is -2.32. The summed E-state index contributed by atoms with van der Waals surface area (Å²) in [5, 5.41) is 3.34. The fraction of sp³-hybridized carbons (Fsp3) is 0.435. The first-order valence-corrected chi connectivity index (χ1v) is 10.3. The normalized spacial score (nSPS) is 20.8. The minimum atomic E-state index is -4.38. The van der Waals surface area contributed by atoms with E-state index < -0.39 is 11.7 Å². The summed E-state index contributed by atoms with van der Waals surface area (Å²) in [5.74, 6) is 0.435. The number of carbonyl (C=O) groups is 1. The van der Waals surface area contributed by atoms with Crippen LogP contribution in [0.15, 0.2) is 48.5 Å². The van der Waals surface area contributed by atoms with Gasteiger partial charge in [-0.3, -0.25) is 4.79 Å². The Balaban J connectivity index is 0.00000181. The molecule has 0 aromatic heterocycles. The van der Waals surface area contributed by atoms with E-state index >= 15 is 0 Å². The van der Waals surface area contributed by atoms with Crippen molar-refractivity contribution >= 4 is 30.7 Å². The van der Waals surface area contributed by atoms with Crippen LogP contribution in [0.1, 0.15) is 23.5 Å². The maximum absolute atomic E-state index is 13.3. The molecule has 1 saturated heterocycles. The van der Waals surface area contributed by atoms with E-state index in [1.807, 2.05) is 17.0 Å². The van der Waals surface area contributed by atoms with Gasteiger partial charge in [-0.25, -0.2) is 0 Å². The van der Waals surface area contributed by atoms with Gasteiger partial charge in [0, 0.05) is 38.1 Å². The number of rotatable bonds is 5. The number of benzene rings is 2. The molecule has 1 saturated carbocycles. The van der Waals surface area contributed by atoms with Gasteiger partial charge in [0.1, 0.15) is 0 Å². The second-order valence-corrected chi connectivity index (χ2v) is 8.18. The number of alkyl halides is 3. The van der Waals surface area contributed by atoms with Crippen LogP contribution < -0.4 is 5.32 Å². The topological polar surface area (TPSA) is 35.6 Å². The number of halogens is 5. The van der Waals surface area contributed by atoms with Crippen molar-refractivity contribution in [1.82, 2.24) is 15.1 Å². The van der Waals surface area contributed by atoms with Gasteiger partial charge in [0.2, 0.25) is 5.91 Å². The van der Waals surface area contributed by atoms with Gasteiger partial charge in [0.15, 0.2) is 0 Å². The van der Waals surface area contributed by atoms with Gasteiger partial charge < -0.3 is 15.1 Å². The second-order valence-electron chi connectivity index (χ2n) is 8.18. The summed E-state index contributed by atoms with van der Waals surface area (Å²) >= 11 is 0. The third-order valence-electron chi connectivity index (χ3n) is 6.04. The summed E-state index contributed by atoms with van der Waals surface area (Å²) in [4.78, 5) is 16.5. The van der Waals surface area contributed by atoms with Gasteiger partial charge in [0.25, 0.3) is 0 Å². The summed E-state index contributed by atoms with van der Waals surface area (Å²) in [6, 6.07) is 13.2. The lowest BCUT2D eigenvalue weighted by atomic mass is 9.97. The largest absolute Gasteiger partial charge is 0.417 e. The van der Waals surface area contributed by atoms with Gasteiger partial charge in [-0.15, -0.1) is 24.8 Å². The van der Waals surface area contributed by atoms with Crippen molar-refractivity contribution < 1.29 is 18.0 Å². The van der Waals surface area contributed by atoms with Crippen molar-refractivity contribution in [2.24, 2.45) is 0 Å². The predicted molar refractivity (Wildman–Crippen MR) is 125 cm³/mol. The van der Waals surface area contributed by atoms with Crippen LogP contribution in [-0.2, 0) is 11.0 Å². The average molecular weight is 490 g/mol. The van der Waals surface area contributed by atoms with E-state index in [2.05, 4.69) is 17.3 Å². The van der Waals surface area contributed by atoms with Gasteiger partial charge in [0.05, 0.1) is 12.1 Å². The van der Waals surface area contributed by atoms with E-state index in [0.29, 0.717) is 18.0 Å². The van der Waals surface area contributed by atoms with Crippen LogP contribution in [0.3, 0.4) is 0 Å². The molecule has 2 aromatic carbocycles. The second kappa shape index (κ2) is 10.9. The Kier molecular flexibility index (Phi) is 8.99. The smallest absolute Gasteiger partial charge is 0.339 e. The quantitative estimate of drug-likeness (QED) is 0.674. The molecule has 1 heterocycles. The highest BCUT2D eigenvalue weighted by Crippen LogP contribution is 2.42. The summed E-state index contributed by atoms with van der Waals surface area (Å²) in [7, 11) is 2.06. The zero-order valence-electron chi connectivity index (χ0n) is 17.8. The van der Waals surface area contributed by atoms with Gasteiger partial charge >= 0.3 is 6.18 Å². The molecule has 2 atom stereocenters. The number of nitrogens with one attached hydrogen (secondary N) is 1. The average Bonchev–Trinajstić information content (AvgIpc) is 3.52. The van der Waals surface area contributed by atoms with Crippen LogP contribution in [0.25, 0.3) is 11.1 Å². The van der Waals surface area contributed by atoms with Crippen LogP contribution in [0, 0.1) is 0 Å². The Bertz CT molecular complexity index is 900. The van der Waals surface area contributed by atoms with E-state index in [4.69, 9.17) is 0 Å². The molecule has 4 rings (SSSR count). The third kappa shape index (κ3) is 6.16. The van der Waals surface area contributed by atoms with Crippen molar-refractivity contribution in [2.75, 3.05) is 39.8 Å². The highest BCUT2D eigenvalue weighted by atomic mass is 35.5. The summed E-state index contributed by atoms with van der Waals surface area (Å²) in [5.41, 5.74) is 1.22. The molecule has 2 aliphatic rings. The molecule has 4 nitrogen and oxygen atoms in total. The SMILES string of the molecule is CN1CCN(C(=O)CN[C@H]2CC2c2ccc(-c3ccccc3C(F)(F)F)cc2)CC1.Cl.Cl. The summed E-state index contributed by atoms with van der Waals surface area (Å²) in [6.07, 6.45) is -3.44. The summed E-state index contributed by atoms with van der Waals surface area (Å²) in [6.45, 7) is 3.68. The lowest BCUT2D eigenvalue weighted by Crippen LogP contribution is -2.49. The van der Waals surface area contributed by atoms with E-state index in [-0.39, 0.29) is 42.3 Å². The van der Waals surface area contributed by atoms with Gasteiger partial charge in [-0.1, -0.05) is 42.5 Å². The molecule has 2 fully saturated rings. The lowest BCUT2D eigenvalue weighted by molar-refractivity contribution is -0.137. The maximum Gasteiger partial charge on any atom is 0.417 e. The van der Waals surface area contributed by atoms with Crippen LogP contribution in [0.5, 0.6) is 0 Å². The number of hydrogen-bond donors (Lipinski definition) is 1. The molecule has 176 valence electrons. The number of amides is 1. The number of carbonyl (C=O) groups excluding carboxylic acids is 1. The molecule has 1 unspecified atom stereocenters. The minimum Gasteiger partial charge on any atom is -0.339 e. The minimum absolute atomic E-state index is 0. The number of hydrogen-bond acceptors (Lipinski definition) is 3. The molecule has 1 aliphatic heterocycles. The Morgan fingerprint density at radius 1 is 1.00 bits per heavy atom. The highest BCUT2D eigenvalue weighted by molar-refractivity contribution is 5.85. The Hall–Kier alpha value is -1.80. The Morgan fingerprint density at radius 2 is 1.62 bits per heavy atom. The van der Waals surface area contributed by atoms with E-state index in [1.165, 1.54) is 12.1 Å². The van der Waals surface area contributed by atoms with Crippen molar-refractivity contribution in [3.63, 3.8) is 0 Å². The van der Waals surface area contributed by atoms with Crippen molar-refractivity contribution in [2.45, 2.75) is 24.6 Å². The number of nitrogens with zero attached hydrogens (tertiary/aromatic N) is 2. The zero-order chi connectivity index (χ0) is 21.3. The Morgan fingerprint density at radius 3 is 2.25 bits per heavy atom. The van der Waals surface area contributed by atoms with E-state index in [0.717, 1.165) is 44.2 Å². The molecule has 0 spiro atoms. The molecule has 0 radical (unpaired) electrons. The molecule has 0 bridgehead atoms. The number of piperazine rings is 1. The van der Waals surface area contributed by atoms with Crippen molar-refractivity contribution in [3.05, 3.63) is 59.7 Å². The predicted octanol–water partition coefficient (Wildman–Crippen LogP) is 4.44. The molecule has 32 heavy (non-hydrogen) atoms. The third-order valence-corrected chi connectivity index (χ3v) is 6.04. The summed E-state index contributed by atoms with van der Waals surface area (Å²) < 4.78 is 39.8. The first-order valence-electron chi connectivity index (χ1n) is 10.3. The Labute approximate surface area is 199 Å². The standard InChI is InChI=1S/C23H26F3N3O.2ClH/c1-28-10-12-29(13-11-28)22(30)15-27-21-14-19(21)17-8-6-16(7-9-17)18-4-2-3-5-20(18)23(24,25)26;;/h2-9,19,21,27H,10-15H2,1H3;2*1H/t19?,21-;;/m0../s1. The fourth-order valence-electron chi connectivity index (χ4n) is 4.07. The molecular weight excluding hydrogens is 462 g/mol. The molecular formula is C23H28Cl2F3N3O. The monoisotopic (exact) mass is 489 g/mol.